The number of carbonyl (C=O) groups excluding carboxylic acids is 1. The molecule has 0 fully saturated rings. The second kappa shape index (κ2) is 8.19. The molecule has 0 saturated heterocycles. The van der Waals surface area contributed by atoms with E-state index in [1.165, 1.54) is 19.2 Å². The minimum absolute atomic E-state index is 0.0755. The molecule has 2 aromatic carbocycles. The Morgan fingerprint density at radius 3 is 2.22 bits per heavy atom. The van der Waals surface area contributed by atoms with Crippen LogP contribution in [0, 0.1) is 5.41 Å². The monoisotopic (exact) mass is 410 g/mol. The van der Waals surface area contributed by atoms with Gasteiger partial charge in [-0.25, -0.2) is 8.42 Å². The SMILES string of the molecule is COc1ccc(NC(=O)CC(C)(C)C)cc1S(=O)(=O)Nc1ccc(Cl)cc1. The van der Waals surface area contributed by atoms with Gasteiger partial charge in [0.05, 0.1) is 7.11 Å². The summed E-state index contributed by atoms with van der Waals surface area (Å²) in [6.45, 7) is 5.85. The molecule has 2 rings (SSSR count). The Morgan fingerprint density at radius 1 is 1.07 bits per heavy atom. The second-order valence-electron chi connectivity index (χ2n) is 7.26. The highest BCUT2D eigenvalue weighted by atomic mass is 35.5. The van der Waals surface area contributed by atoms with Crippen LogP contribution in [-0.4, -0.2) is 21.4 Å². The Bertz CT molecular complexity index is 920. The normalized spacial score (nSPS) is 11.7. The molecule has 0 aliphatic rings. The largest absolute Gasteiger partial charge is 0.495 e. The van der Waals surface area contributed by atoms with Crippen molar-refractivity contribution in [3.63, 3.8) is 0 Å². The molecular weight excluding hydrogens is 388 g/mol. The average molecular weight is 411 g/mol. The van der Waals surface area contributed by atoms with Gasteiger partial charge in [-0.15, -0.1) is 0 Å². The second-order valence-corrected chi connectivity index (χ2v) is 9.35. The maximum atomic E-state index is 12.8. The number of nitrogens with one attached hydrogen (secondary N) is 2. The van der Waals surface area contributed by atoms with Crippen molar-refractivity contribution in [2.24, 2.45) is 5.41 Å². The average Bonchev–Trinajstić information content (AvgIpc) is 2.55. The van der Waals surface area contributed by atoms with Crippen molar-refractivity contribution in [2.75, 3.05) is 17.1 Å². The van der Waals surface area contributed by atoms with Gasteiger partial charge < -0.3 is 10.1 Å². The van der Waals surface area contributed by atoms with E-state index < -0.39 is 10.0 Å². The fourth-order valence-electron chi connectivity index (χ4n) is 2.38. The van der Waals surface area contributed by atoms with Crippen LogP contribution in [0.5, 0.6) is 5.75 Å². The number of halogens is 1. The fraction of sp³-hybridized carbons (Fsp3) is 0.316. The van der Waals surface area contributed by atoms with Crippen LogP contribution in [0.25, 0.3) is 0 Å². The molecule has 8 heteroatoms. The third-order valence-electron chi connectivity index (χ3n) is 3.52. The molecule has 0 spiro atoms. The van der Waals surface area contributed by atoms with Gasteiger partial charge in [-0.3, -0.25) is 9.52 Å². The van der Waals surface area contributed by atoms with Crippen LogP contribution in [0.15, 0.2) is 47.4 Å². The van der Waals surface area contributed by atoms with Crippen LogP contribution in [0.4, 0.5) is 11.4 Å². The number of anilines is 2. The lowest BCUT2D eigenvalue weighted by Crippen LogP contribution is -2.20. The molecule has 0 radical (unpaired) electrons. The summed E-state index contributed by atoms with van der Waals surface area (Å²) in [5.74, 6) is -0.0213. The summed E-state index contributed by atoms with van der Waals surface area (Å²) in [4.78, 5) is 12.1. The molecule has 0 aliphatic heterocycles. The smallest absolute Gasteiger partial charge is 0.265 e. The number of hydrogen-bond donors (Lipinski definition) is 2. The van der Waals surface area contributed by atoms with Crippen LogP contribution in [-0.2, 0) is 14.8 Å². The molecule has 0 saturated carbocycles. The predicted octanol–water partition coefficient (Wildman–Crippen LogP) is 4.52. The first-order valence-electron chi connectivity index (χ1n) is 8.26. The summed E-state index contributed by atoms with van der Waals surface area (Å²) in [6.07, 6.45) is 0.310. The summed E-state index contributed by atoms with van der Waals surface area (Å²) in [5.41, 5.74) is 0.562. The van der Waals surface area contributed by atoms with Gasteiger partial charge >= 0.3 is 0 Å². The van der Waals surface area contributed by atoms with E-state index in [2.05, 4.69) is 10.0 Å². The van der Waals surface area contributed by atoms with Crippen molar-refractivity contribution in [2.45, 2.75) is 32.1 Å². The number of carbonyl (C=O) groups is 1. The van der Waals surface area contributed by atoms with Crippen molar-refractivity contribution in [3.8, 4) is 5.75 Å². The van der Waals surface area contributed by atoms with Gasteiger partial charge in [-0.2, -0.15) is 0 Å². The van der Waals surface area contributed by atoms with Gasteiger partial charge in [0.25, 0.3) is 10.0 Å². The Hall–Kier alpha value is -2.25. The standard InChI is InChI=1S/C19H23ClN2O4S/c1-19(2,3)12-18(23)21-15-9-10-16(26-4)17(11-15)27(24,25)22-14-7-5-13(20)6-8-14/h5-11,22H,12H2,1-4H3,(H,21,23). The first kappa shape index (κ1) is 21.1. The van der Waals surface area contributed by atoms with Gasteiger partial charge in [-0.1, -0.05) is 32.4 Å². The zero-order valence-electron chi connectivity index (χ0n) is 15.7. The lowest BCUT2D eigenvalue weighted by molar-refractivity contribution is -0.117. The van der Waals surface area contributed by atoms with E-state index in [1.54, 1.807) is 30.3 Å². The van der Waals surface area contributed by atoms with E-state index >= 15 is 0 Å². The van der Waals surface area contributed by atoms with Crippen molar-refractivity contribution in [1.29, 1.82) is 0 Å². The minimum Gasteiger partial charge on any atom is -0.495 e. The Morgan fingerprint density at radius 2 is 1.67 bits per heavy atom. The summed E-state index contributed by atoms with van der Waals surface area (Å²) in [7, 11) is -2.55. The molecule has 0 aliphatic carbocycles. The molecule has 6 nitrogen and oxygen atoms in total. The fourth-order valence-corrected chi connectivity index (χ4v) is 3.76. The predicted molar refractivity (Wildman–Crippen MR) is 108 cm³/mol. The van der Waals surface area contributed by atoms with Crippen LogP contribution >= 0.6 is 11.6 Å². The van der Waals surface area contributed by atoms with Crippen LogP contribution < -0.4 is 14.8 Å². The summed E-state index contributed by atoms with van der Waals surface area (Å²) in [6, 6.07) is 10.8. The maximum absolute atomic E-state index is 12.8. The molecule has 27 heavy (non-hydrogen) atoms. The highest BCUT2D eigenvalue weighted by Gasteiger charge is 2.22. The Kier molecular flexibility index (Phi) is 6.38. The van der Waals surface area contributed by atoms with Crippen molar-refractivity contribution in [1.82, 2.24) is 0 Å². The molecule has 1 amide bonds. The zero-order chi connectivity index (χ0) is 20.2. The Balaban J connectivity index is 2.30. The summed E-state index contributed by atoms with van der Waals surface area (Å²) >= 11 is 5.83. The molecule has 0 bridgehead atoms. The van der Waals surface area contributed by atoms with Gasteiger partial charge in [0.2, 0.25) is 5.91 Å². The van der Waals surface area contributed by atoms with Gasteiger partial charge in [0.1, 0.15) is 10.6 Å². The van der Waals surface area contributed by atoms with Gasteiger partial charge in [0, 0.05) is 22.8 Å². The number of rotatable bonds is 6. The minimum atomic E-state index is -3.93. The van der Waals surface area contributed by atoms with E-state index in [4.69, 9.17) is 16.3 Å². The molecular formula is C19H23ClN2O4S. The number of amides is 1. The number of methoxy groups -OCH3 is 1. The van der Waals surface area contributed by atoms with E-state index in [0.717, 1.165) is 0 Å². The molecule has 0 heterocycles. The van der Waals surface area contributed by atoms with Crippen molar-refractivity contribution in [3.05, 3.63) is 47.5 Å². The third-order valence-corrected chi connectivity index (χ3v) is 5.18. The van der Waals surface area contributed by atoms with E-state index in [0.29, 0.717) is 22.8 Å². The lowest BCUT2D eigenvalue weighted by atomic mass is 9.92. The van der Waals surface area contributed by atoms with Gasteiger partial charge in [-0.05, 0) is 47.9 Å². The van der Waals surface area contributed by atoms with Gasteiger partial charge in [0.15, 0.2) is 0 Å². The highest BCUT2D eigenvalue weighted by Crippen LogP contribution is 2.29. The highest BCUT2D eigenvalue weighted by molar-refractivity contribution is 7.92. The summed E-state index contributed by atoms with van der Waals surface area (Å²) < 4.78 is 33.2. The topological polar surface area (TPSA) is 84.5 Å². The molecule has 146 valence electrons. The maximum Gasteiger partial charge on any atom is 0.265 e. The van der Waals surface area contributed by atoms with Crippen molar-refractivity contribution >= 4 is 38.9 Å². The first-order valence-corrected chi connectivity index (χ1v) is 10.1. The van der Waals surface area contributed by atoms with Crippen LogP contribution in [0.3, 0.4) is 0 Å². The van der Waals surface area contributed by atoms with E-state index in [-0.39, 0.29) is 22.0 Å². The number of ether oxygens (including phenoxy) is 1. The Labute approximate surface area is 164 Å². The van der Waals surface area contributed by atoms with E-state index in [9.17, 15) is 13.2 Å². The quantitative estimate of drug-likeness (QED) is 0.732. The summed E-state index contributed by atoms with van der Waals surface area (Å²) in [5, 5.41) is 3.23. The first-order chi connectivity index (χ1) is 12.5. The molecule has 2 aromatic rings. The van der Waals surface area contributed by atoms with Crippen molar-refractivity contribution < 1.29 is 17.9 Å². The van der Waals surface area contributed by atoms with E-state index in [1.807, 2.05) is 20.8 Å². The molecule has 2 N–H and O–H groups in total. The molecule has 0 aromatic heterocycles. The third kappa shape index (κ3) is 6.15. The van der Waals surface area contributed by atoms with Crippen LogP contribution in [0.1, 0.15) is 27.2 Å². The number of benzene rings is 2. The van der Waals surface area contributed by atoms with Crippen LogP contribution in [0.2, 0.25) is 5.02 Å². The number of sulfonamides is 1. The number of hydrogen-bond acceptors (Lipinski definition) is 4. The lowest BCUT2D eigenvalue weighted by Gasteiger charge is -2.18. The zero-order valence-corrected chi connectivity index (χ0v) is 17.2. The molecule has 0 unspecified atom stereocenters. The molecule has 0 atom stereocenters.